The maximum Gasteiger partial charge on any atom is 0.278 e. The average Bonchev–Trinajstić information content (AvgIpc) is 3.21. The van der Waals surface area contributed by atoms with Crippen LogP contribution in [0, 0.1) is 0 Å². The second kappa shape index (κ2) is 5.96. The van der Waals surface area contributed by atoms with E-state index < -0.39 is 0 Å². The molecule has 1 aliphatic heterocycles. The number of hydrogen-bond donors (Lipinski definition) is 0. The molecule has 0 saturated heterocycles. The van der Waals surface area contributed by atoms with Crippen molar-refractivity contribution in [3.63, 3.8) is 0 Å². The van der Waals surface area contributed by atoms with Gasteiger partial charge in [-0.15, -0.1) is 0 Å². The molecule has 6 heteroatoms. The van der Waals surface area contributed by atoms with Gasteiger partial charge in [0.25, 0.3) is 5.89 Å². The molecular formula is C17H18N4O2. The average molecular weight is 310 g/mol. The highest BCUT2D eigenvalue weighted by Crippen LogP contribution is 2.28. The van der Waals surface area contributed by atoms with Gasteiger partial charge in [0.15, 0.2) is 11.5 Å². The van der Waals surface area contributed by atoms with Crippen molar-refractivity contribution in [2.75, 3.05) is 0 Å². The lowest BCUT2D eigenvalue weighted by Crippen LogP contribution is -2.21. The number of aryl methyl sites for hydroxylation is 1. The molecule has 6 nitrogen and oxygen atoms in total. The standard InChI is InChI=1S/C17H18N4O2/c1-2-6-16-18-17(23-20-16)14-9-13-11-22-15(10-21(13)19-14)12-7-4-3-5-8-12/h3-5,7-9,15H,2,6,10-11H2,1H3. The normalized spacial score (nSPS) is 17.2. The molecule has 0 aliphatic carbocycles. The number of benzene rings is 1. The van der Waals surface area contributed by atoms with Crippen LogP contribution in [0.4, 0.5) is 0 Å². The number of aromatic nitrogens is 4. The summed E-state index contributed by atoms with van der Waals surface area (Å²) in [6, 6.07) is 12.2. The van der Waals surface area contributed by atoms with E-state index in [1.165, 1.54) is 5.56 Å². The van der Waals surface area contributed by atoms with E-state index in [2.05, 4.69) is 34.3 Å². The Morgan fingerprint density at radius 2 is 2.13 bits per heavy atom. The molecule has 118 valence electrons. The van der Waals surface area contributed by atoms with Crippen LogP contribution < -0.4 is 0 Å². The number of ether oxygens (including phenoxy) is 1. The summed E-state index contributed by atoms with van der Waals surface area (Å²) in [5.74, 6) is 1.21. The van der Waals surface area contributed by atoms with Gasteiger partial charge in [-0.05, 0) is 18.1 Å². The van der Waals surface area contributed by atoms with E-state index >= 15 is 0 Å². The lowest BCUT2D eigenvalue weighted by atomic mass is 10.1. The van der Waals surface area contributed by atoms with Gasteiger partial charge >= 0.3 is 0 Å². The highest BCUT2D eigenvalue weighted by Gasteiger charge is 2.24. The minimum Gasteiger partial charge on any atom is -0.365 e. The van der Waals surface area contributed by atoms with Crippen LogP contribution in [0.25, 0.3) is 11.6 Å². The fourth-order valence-corrected chi connectivity index (χ4v) is 2.78. The van der Waals surface area contributed by atoms with Gasteiger partial charge < -0.3 is 9.26 Å². The fraction of sp³-hybridized carbons (Fsp3) is 0.353. The zero-order valence-corrected chi connectivity index (χ0v) is 13.0. The molecule has 1 aromatic carbocycles. The van der Waals surface area contributed by atoms with Gasteiger partial charge in [0.05, 0.1) is 18.8 Å². The largest absolute Gasteiger partial charge is 0.365 e. The molecule has 0 fully saturated rings. The lowest BCUT2D eigenvalue weighted by Gasteiger charge is -2.24. The van der Waals surface area contributed by atoms with Crippen LogP contribution in [-0.2, 0) is 24.3 Å². The highest BCUT2D eigenvalue weighted by atomic mass is 16.5. The van der Waals surface area contributed by atoms with Crippen molar-refractivity contribution in [3.05, 3.63) is 53.5 Å². The van der Waals surface area contributed by atoms with Crippen molar-refractivity contribution in [2.24, 2.45) is 0 Å². The van der Waals surface area contributed by atoms with E-state index in [0.717, 1.165) is 24.4 Å². The summed E-state index contributed by atoms with van der Waals surface area (Å²) in [6.45, 7) is 3.31. The van der Waals surface area contributed by atoms with Crippen LogP contribution in [0.3, 0.4) is 0 Å². The maximum atomic E-state index is 5.96. The van der Waals surface area contributed by atoms with E-state index in [-0.39, 0.29) is 6.10 Å². The smallest absolute Gasteiger partial charge is 0.278 e. The molecule has 0 radical (unpaired) electrons. The summed E-state index contributed by atoms with van der Waals surface area (Å²) >= 11 is 0. The van der Waals surface area contributed by atoms with Gasteiger partial charge in [-0.3, -0.25) is 4.68 Å². The second-order valence-electron chi connectivity index (χ2n) is 5.68. The Morgan fingerprint density at radius 3 is 2.96 bits per heavy atom. The minimum absolute atomic E-state index is 0.0230. The Hall–Kier alpha value is -2.47. The lowest BCUT2D eigenvalue weighted by molar-refractivity contribution is -0.00113. The van der Waals surface area contributed by atoms with E-state index in [9.17, 15) is 0 Å². The first-order valence-electron chi connectivity index (χ1n) is 7.89. The third kappa shape index (κ3) is 2.77. The van der Waals surface area contributed by atoms with Gasteiger partial charge in [0, 0.05) is 6.42 Å². The number of nitrogens with zero attached hydrogens (tertiary/aromatic N) is 4. The summed E-state index contributed by atoms with van der Waals surface area (Å²) in [7, 11) is 0. The first-order chi connectivity index (χ1) is 11.3. The summed E-state index contributed by atoms with van der Waals surface area (Å²) in [4.78, 5) is 4.40. The van der Waals surface area contributed by atoms with Crippen LogP contribution in [0.15, 0.2) is 40.9 Å². The topological polar surface area (TPSA) is 66.0 Å². The Kier molecular flexibility index (Phi) is 3.67. The Balaban J connectivity index is 1.57. The molecule has 3 heterocycles. The Bertz CT molecular complexity index is 794. The summed E-state index contributed by atoms with van der Waals surface area (Å²) in [5, 5.41) is 8.60. The highest BCUT2D eigenvalue weighted by molar-refractivity contribution is 5.47. The van der Waals surface area contributed by atoms with Crippen LogP contribution in [-0.4, -0.2) is 19.9 Å². The van der Waals surface area contributed by atoms with Crippen molar-refractivity contribution in [3.8, 4) is 11.6 Å². The van der Waals surface area contributed by atoms with Crippen molar-refractivity contribution < 1.29 is 9.26 Å². The SMILES string of the molecule is CCCc1noc(-c2cc3n(n2)CC(c2ccccc2)OC3)n1. The van der Waals surface area contributed by atoms with Crippen molar-refractivity contribution in [1.29, 1.82) is 0 Å². The van der Waals surface area contributed by atoms with E-state index in [1.807, 2.05) is 28.9 Å². The molecule has 1 atom stereocenters. The molecule has 0 saturated carbocycles. The quantitative estimate of drug-likeness (QED) is 0.740. The monoisotopic (exact) mass is 310 g/mol. The zero-order chi connectivity index (χ0) is 15.6. The zero-order valence-electron chi connectivity index (χ0n) is 13.0. The molecule has 2 aromatic heterocycles. The van der Waals surface area contributed by atoms with Crippen LogP contribution in [0.2, 0.25) is 0 Å². The van der Waals surface area contributed by atoms with Crippen molar-refractivity contribution in [2.45, 2.75) is 39.0 Å². The molecule has 0 amide bonds. The third-order valence-corrected chi connectivity index (χ3v) is 3.97. The van der Waals surface area contributed by atoms with Gasteiger partial charge in [-0.1, -0.05) is 42.4 Å². The van der Waals surface area contributed by atoms with E-state index in [4.69, 9.17) is 9.26 Å². The Morgan fingerprint density at radius 1 is 1.26 bits per heavy atom. The maximum absolute atomic E-state index is 5.96. The Labute approximate surface area is 134 Å². The third-order valence-electron chi connectivity index (χ3n) is 3.97. The summed E-state index contributed by atoms with van der Waals surface area (Å²) < 4.78 is 13.2. The van der Waals surface area contributed by atoms with E-state index in [1.54, 1.807) is 0 Å². The molecule has 1 unspecified atom stereocenters. The summed E-state index contributed by atoms with van der Waals surface area (Å²) in [5.41, 5.74) is 2.91. The molecule has 3 aromatic rings. The van der Waals surface area contributed by atoms with Crippen LogP contribution in [0.1, 0.15) is 36.5 Å². The molecule has 23 heavy (non-hydrogen) atoms. The fourth-order valence-electron chi connectivity index (χ4n) is 2.78. The van der Waals surface area contributed by atoms with Crippen LogP contribution in [0.5, 0.6) is 0 Å². The molecule has 0 bridgehead atoms. The van der Waals surface area contributed by atoms with Gasteiger partial charge in [-0.25, -0.2) is 0 Å². The number of rotatable bonds is 4. The van der Waals surface area contributed by atoms with Gasteiger partial charge in [-0.2, -0.15) is 10.1 Å². The number of fused-ring (bicyclic) bond motifs is 1. The van der Waals surface area contributed by atoms with Crippen LogP contribution >= 0.6 is 0 Å². The molecule has 0 spiro atoms. The van der Waals surface area contributed by atoms with Gasteiger partial charge in [0.2, 0.25) is 0 Å². The minimum atomic E-state index is 0.0230. The summed E-state index contributed by atoms with van der Waals surface area (Å²) in [6.07, 6.45) is 1.83. The van der Waals surface area contributed by atoms with Crippen molar-refractivity contribution in [1.82, 2.24) is 19.9 Å². The van der Waals surface area contributed by atoms with Crippen molar-refractivity contribution >= 4 is 0 Å². The molecular weight excluding hydrogens is 292 g/mol. The predicted molar refractivity (Wildman–Crippen MR) is 83.5 cm³/mol. The molecule has 0 N–H and O–H groups in total. The first-order valence-corrected chi connectivity index (χ1v) is 7.89. The van der Waals surface area contributed by atoms with E-state index in [0.29, 0.717) is 24.7 Å². The molecule has 4 rings (SSSR count). The first kappa shape index (κ1) is 14.1. The van der Waals surface area contributed by atoms with Gasteiger partial charge in [0.1, 0.15) is 6.10 Å². The second-order valence-corrected chi connectivity index (χ2v) is 5.68. The number of hydrogen-bond acceptors (Lipinski definition) is 5. The molecule has 1 aliphatic rings. The predicted octanol–water partition coefficient (Wildman–Crippen LogP) is 3.16.